The summed E-state index contributed by atoms with van der Waals surface area (Å²) in [4.78, 5) is 46.0. The number of benzene rings is 1. The molecule has 0 radical (unpaired) electrons. The van der Waals surface area contributed by atoms with Crippen molar-refractivity contribution in [3.05, 3.63) is 71.8 Å². The molecule has 1 amide bonds. The van der Waals surface area contributed by atoms with Crippen LogP contribution in [0.4, 0.5) is 0 Å². The molecule has 10 nitrogen and oxygen atoms in total. The second kappa shape index (κ2) is 14.3. The Bertz CT molecular complexity index is 1250. The second-order valence-electron chi connectivity index (χ2n) is 12.8. The lowest BCUT2D eigenvalue weighted by molar-refractivity contribution is -0.148. The molecule has 43 heavy (non-hydrogen) atoms. The number of imidazole rings is 2. The zero-order chi connectivity index (χ0) is 30.2. The Hall–Kier alpha value is -3.50. The second-order valence-corrected chi connectivity index (χ2v) is 12.8. The van der Waals surface area contributed by atoms with E-state index in [-0.39, 0.29) is 29.3 Å². The fourth-order valence-electron chi connectivity index (χ4n) is 6.79. The summed E-state index contributed by atoms with van der Waals surface area (Å²) in [5.74, 6) is 2.37. The Balaban J connectivity index is 1.18. The molecule has 1 aromatic carbocycles. The number of esters is 1. The first kappa shape index (κ1) is 30.9. The molecule has 2 aliphatic rings. The molecule has 5 rings (SSSR count). The van der Waals surface area contributed by atoms with Gasteiger partial charge in [0, 0.05) is 69.4 Å². The van der Waals surface area contributed by atoms with Gasteiger partial charge in [-0.1, -0.05) is 26.0 Å². The lowest BCUT2D eigenvalue weighted by Gasteiger charge is -2.40. The third kappa shape index (κ3) is 8.32. The summed E-state index contributed by atoms with van der Waals surface area (Å²) in [6, 6.07) is 7.57. The van der Waals surface area contributed by atoms with E-state index >= 15 is 0 Å². The quantitative estimate of drug-likeness (QED) is 0.259. The fourth-order valence-corrected chi connectivity index (χ4v) is 6.79. The molecule has 2 saturated heterocycles. The SMILES string of the molecule is CCOC(=O)C1CC2(CCN(CC(C)C)CC2)CN1Cc1ccc(C(=O)NCC(Cc2ncc[nH]2)Cc2ncc[nH]2)cc1. The number of likely N-dealkylation sites (tertiary alicyclic amines) is 2. The highest BCUT2D eigenvalue weighted by Gasteiger charge is 2.48. The lowest BCUT2D eigenvalue weighted by Crippen LogP contribution is -2.42. The topological polar surface area (TPSA) is 119 Å². The first-order chi connectivity index (χ1) is 20.8. The number of nitrogens with one attached hydrogen (secondary N) is 3. The summed E-state index contributed by atoms with van der Waals surface area (Å²) in [5, 5.41) is 3.11. The molecule has 0 saturated carbocycles. The molecule has 0 bridgehead atoms. The molecule has 2 aromatic heterocycles. The minimum atomic E-state index is -0.222. The van der Waals surface area contributed by atoms with E-state index in [1.54, 1.807) is 12.4 Å². The summed E-state index contributed by atoms with van der Waals surface area (Å²) in [7, 11) is 0. The van der Waals surface area contributed by atoms with Crippen molar-refractivity contribution in [1.29, 1.82) is 0 Å². The molecule has 4 heterocycles. The van der Waals surface area contributed by atoms with Gasteiger partial charge < -0.3 is 24.9 Å². The van der Waals surface area contributed by atoms with Crippen molar-refractivity contribution in [3.8, 4) is 0 Å². The number of aromatic nitrogens is 4. The Morgan fingerprint density at radius 3 is 2.26 bits per heavy atom. The molecule has 10 heteroatoms. The number of ether oxygens (including phenoxy) is 1. The van der Waals surface area contributed by atoms with Gasteiger partial charge in [-0.15, -0.1) is 0 Å². The highest BCUT2D eigenvalue weighted by molar-refractivity contribution is 5.94. The molecule has 3 aromatic rings. The average Bonchev–Trinajstić information content (AvgIpc) is 3.76. The molecular formula is C33H47N7O3. The summed E-state index contributed by atoms with van der Waals surface area (Å²) in [5.41, 5.74) is 1.87. The molecule has 2 fully saturated rings. The summed E-state index contributed by atoms with van der Waals surface area (Å²) < 4.78 is 5.51. The highest BCUT2D eigenvalue weighted by atomic mass is 16.5. The summed E-state index contributed by atoms with van der Waals surface area (Å²) in [6.07, 6.45) is 11.6. The predicted molar refractivity (Wildman–Crippen MR) is 165 cm³/mol. The summed E-state index contributed by atoms with van der Waals surface area (Å²) >= 11 is 0. The number of rotatable bonds is 13. The van der Waals surface area contributed by atoms with Crippen molar-refractivity contribution in [2.45, 2.75) is 65.5 Å². The third-order valence-corrected chi connectivity index (χ3v) is 8.93. The molecule has 0 aliphatic carbocycles. The molecular weight excluding hydrogens is 542 g/mol. The zero-order valence-corrected chi connectivity index (χ0v) is 25.8. The van der Waals surface area contributed by atoms with Gasteiger partial charge in [-0.05, 0) is 74.2 Å². The van der Waals surface area contributed by atoms with E-state index in [9.17, 15) is 9.59 Å². The maximum Gasteiger partial charge on any atom is 0.323 e. The van der Waals surface area contributed by atoms with Crippen LogP contribution >= 0.6 is 0 Å². The number of carbonyl (C=O) groups excluding carboxylic acids is 2. The van der Waals surface area contributed by atoms with Crippen molar-refractivity contribution in [1.82, 2.24) is 35.1 Å². The Morgan fingerprint density at radius 2 is 1.70 bits per heavy atom. The highest BCUT2D eigenvalue weighted by Crippen LogP contribution is 2.44. The molecule has 2 aliphatic heterocycles. The molecule has 1 unspecified atom stereocenters. The van der Waals surface area contributed by atoms with E-state index in [0.29, 0.717) is 44.0 Å². The maximum atomic E-state index is 13.1. The minimum absolute atomic E-state index is 0.104. The molecule has 1 spiro atoms. The number of hydrogen-bond donors (Lipinski definition) is 3. The lowest BCUT2D eigenvalue weighted by atomic mass is 9.76. The fraction of sp³-hybridized carbons (Fsp3) is 0.576. The van der Waals surface area contributed by atoms with Crippen LogP contribution in [0.2, 0.25) is 0 Å². The van der Waals surface area contributed by atoms with Crippen LogP contribution in [0.3, 0.4) is 0 Å². The van der Waals surface area contributed by atoms with Crippen molar-refractivity contribution in [2.24, 2.45) is 17.3 Å². The molecule has 1 atom stereocenters. The van der Waals surface area contributed by atoms with Gasteiger partial charge in [0.2, 0.25) is 0 Å². The number of H-pyrrole nitrogens is 2. The molecule has 232 valence electrons. The van der Waals surface area contributed by atoms with Gasteiger partial charge in [0.05, 0.1) is 6.61 Å². The Morgan fingerprint density at radius 1 is 1.05 bits per heavy atom. The standard InChI is InChI=1S/C33H47N7O3/c1-4-43-32(42)28-19-33(9-15-39(16-10-33)21-24(2)3)23-40(28)22-25-5-7-27(8-6-25)31(41)38-20-26(17-29-34-11-12-35-29)18-30-36-13-14-37-30/h5-8,11-14,24,26,28H,4,9-10,15-23H2,1-3H3,(H,34,35)(H,36,37)(H,38,41). The van der Waals surface area contributed by atoms with Crippen molar-refractivity contribution in [2.75, 3.05) is 39.3 Å². The van der Waals surface area contributed by atoms with Gasteiger partial charge in [-0.3, -0.25) is 14.5 Å². The van der Waals surface area contributed by atoms with Crippen molar-refractivity contribution >= 4 is 11.9 Å². The van der Waals surface area contributed by atoms with Crippen LogP contribution in [0.1, 0.15) is 67.6 Å². The minimum Gasteiger partial charge on any atom is -0.465 e. The number of piperidine rings is 1. The van der Waals surface area contributed by atoms with E-state index in [1.807, 2.05) is 43.6 Å². The predicted octanol–water partition coefficient (Wildman–Crippen LogP) is 3.84. The normalized spacial score (nSPS) is 19.0. The van der Waals surface area contributed by atoms with Gasteiger partial charge in [-0.2, -0.15) is 0 Å². The van der Waals surface area contributed by atoms with Crippen LogP contribution in [0.5, 0.6) is 0 Å². The van der Waals surface area contributed by atoms with Crippen LogP contribution in [0.25, 0.3) is 0 Å². The number of amides is 1. The van der Waals surface area contributed by atoms with E-state index in [4.69, 9.17) is 4.74 Å². The average molecular weight is 590 g/mol. The van der Waals surface area contributed by atoms with Crippen LogP contribution in [-0.2, 0) is 28.9 Å². The molecule has 3 N–H and O–H groups in total. The summed E-state index contributed by atoms with van der Waals surface area (Å²) in [6.45, 7) is 12.2. The number of nitrogens with zero attached hydrogens (tertiary/aromatic N) is 4. The van der Waals surface area contributed by atoms with Gasteiger partial charge in [-0.25, -0.2) is 9.97 Å². The monoisotopic (exact) mass is 589 g/mol. The number of hydrogen-bond acceptors (Lipinski definition) is 7. The smallest absolute Gasteiger partial charge is 0.323 e. The van der Waals surface area contributed by atoms with Gasteiger partial charge >= 0.3 is 5.97 Å². The first-order valence-electron chi connectivity index (χ1n) is 15.8. The van der Waals surface area contributed by atoms with Gasteiger partial charge in [0.15, 0.2) is 0 Å². The van der Waals surface area contributed by atoms with Crippen LogP contribution < -0.4 is 5.32 Å². The van der Waals surface area contributed by atoms with E-state index in [1.165, 1.54) is 0 Å². The van der Waals surface area contributed by atoms with Crippen LogP contribution in [0.15, 0.2) is 49.1 Å². The van der Waals surface area contributed by atoms with Crippen molar-refractivity contribution < 1.29 is 14.3 Å². The Labute approximate surface area is 255 Å². The first-order valence-corrected chi connectivity index (χ1v) is 15.8. The van der Waals surface area contributed by atoms with E-state index in [0.717, 1.165) is 62.7 Å². The zero-order valence-electron chi connectivity index (χ0n) is 25.8. The van der Waals surface area contributed by atoms with Gasteiger partial charge in [0.25, 0.3) is 5.91 Å². The third-order valence-electron chi connectivity index (χ3n) is 8.93. The van der Waals surface area contributed by atoms with E-state index < -0.39 is 0 Å². The van der Waals surface area contributed by atoms with E-state index in [2.05, 4.69) is 48.9 Å². The number of carbonyl (C=O) groups is 2. The van der Waals surface area contributed by atoms with Crippen LogP contribution in [0, 0.1) is 17.3 Å². The number of aromatic amines is 2. The largest absolute Gasteiger partial charge is 0.465 e. The Kier molecular flexibility index (Phi) is 10.3. The van der Waals surface area contributed by atoms with Gasteiger partial charge in [0.1, 0.15) is 17.7 Å². The maximum absolute atomic E-state index is 13.1. The van der Waals surface area contributed by atoms with Crippen LogP contribution in [-0.4, -0.2) is 87.0 Å². The van der Waals surface area contributed by atoms with Crippen molar-refractivity contribution in [3.63, 3.8) is 0 Å².